The monoisotopic (exact) mass is 479 g/mol. The van der Waals surface area contributed by atoms with Crippen LogP contribution in [0.3, 0.4) is 0 Å². The van der Waals surface area contributed by atoms with Gasteiger partial charge in [0.2, 0.25) is 0 Å². The summed E-state index contributed by atoms with van der Waals surface area (Å²) in [7, 11) is -3.15. The molecule has 3 rings (SSSR count). The zero-order valence-corrected chi connectivity index (χ0v) is 17.7. The van der Waals surface area contributed by atoms with Gasteiger partial charge in [0.05, 0.1) is 29.7 Å². The molecule has 8 heteroatoms. The number of hydrogen-bond donors (Lipinski definition) is 2. The second kappa shape index (κ2) is 8.68. The van der Waals surface area contributed by atoms with Crippen molar-refractivity contribution in [2.24, 2.45) is 4.99 Å². The summed E-state index contributed by atoms with van der Waals surface area (Å²) in [5, 5.41) is 6.73. The summed E-state index contributed by atoms with van der Waals surface area (Å²) in [5.74, 6) is 0.783. The minimum atomic E-state index is -3.15. The van der Waals surface area contributed by atoms with Crippen molar-refractivity contribution >= 4 is 39.8 Å². The number of halogens is 1. The molecule has 0 radical (unpaired) electrons. The van der Waals surface area contributed by atoms with Crippen LogP contribution in [0, 0.1) is 0 Å². The van der Waals surface area contributed by atoms with E-state index in [2.05, 4.69) is 15.6 Å². The SMILES string of the molecule is CCNC(=NCc1ccc(S(C)(=O)=O)cc1)NC1CC2CCC1O2.I. The molecule has 2 saturated heterocycles. The summed E-state index contributed by atoms with van der Waals surface area (Å²) in [6, 6.07) is 7.21. The van der Waals surface area contributed by atoms with Gasteiger partial charge in [-0.15, -0.1) is 24.0 Å². The number of hydrogen-bond acceptors (Lipinski definition) is 4. The zero-order valence-electron chi connectivity index (χ0n) is 14.6. The molecule has 25 heavy (non-hydrogen) atoms. The first kappa shape index (κ1) is 20.4. The lowest BCUT2D eigenvalue weighted by molar-refractivity contribution is 0.0992. The topological polar surface area (TPSA) is 79.8 Å². The Kier molecular flexibility index (Phi) is 7.10. The largest absolute Gasteiger partial charge is 0.373 e. The molecule has 1 aromatic rings. The van der Waals surface area contributed by atoms with E-state index < -0.39 is 9.84 Å². The van der Waals surface area contributed by atoms with Gasteiger partial charge in [0.1, 0.15) is 0 Å². The lowest BCUT2D eigenvalue weighted by Gasteiger charge is -2.22. The van der Waals surface area contributed by atoms with Crippen LogP contribution < -0.4 is 10.6 Å². The van der Waals surface area contributed by atoms with Crippen LogP contribution >= 0.6 is 24.0 Å². The second-order valence-electron chi connectivity index (χ2n) is 6.47. The number of guanidine groups is 1. The molecule has 2 N–H and O–H groups in total. The fraction of sp³-hybridized carbons (Fsp3) is 0.588. The number of aliphatic imine (C=N–C) groups is 1. The minimum Gasteiger partial charge on any atom is -0.373 e. The summed E-state index contributed by atoms with van der Waals surface area (Å²) in [4.78, 5) is 4.94. The smallest absolute Gasteiger partial charge is 0.191 e. The first-order chi connectivity index (χ1) is 11.5. The Morgan fingerprint density at radius 3 is 2.52 bits per heavy atom. The van der Waals surface area contributed by atoms with Crippen molar-refractivity contribution in [1.29, 1.82) is 0 Å². The fourth-order valence-corrected chi connectivity index (χ4v) is 3.93. The highest BCUT2D eigenvalue weighted by molar-refractivity contribution is 14.0. The van der Waals surface area contributed by atoms with Gasteiger partial charge in [-0.2, -0.15) is 0 Å². The lowest BCUT2D eigenvalue weighted by atomic mass is 9.96. The molecule has 0 aliphatic carbocycles. The van der Waals surface area contributed by atoms with Crippen molar-refractivity contribution in [1.82, 2.24) is 10.6 Å². The van der Waals surface area contributed by atoms with Gasteiger partial charge < -0.3 is 15.4 Å². The van der Waals surface area contributed by atoms with Crippen LogP contribution in [-0.2, 0) is 21.1 Å². The van der Waals surface area contributed by atoms with Gasteiger partial charge in [-0.05, 0) is 43.9 Å². The van der Waals surface area contributed by atoms with E-state index in [-0.39, 0.29) is 24.0 Å². The predicted octanol–water partition coefficient (Wildman–Crippen LogP) is 2.08. The molecule has 2 fully saturated rings. The molecule has 2 aliphatic heterocycles. The maximum absolute atomic E-state index is 11.5. The van der Waals surface area contributed by atoms with E-state index in [9.17, 15) is 8.42 Å². The molecule has 2 bridgehead atoms. The number of rotatable bonds is 5. The number of ether oxygens (including phenoxy) is 1. The molecule has 2 heterocycles. The van der Waals surface area contributed by atoms with Crippen molar-refractivity contribution in [2.45, 2.75) is 55.9 Å². The number of benzene rings is 1. The van der Waals surface area contributed by atoms with Crippen LogP contribution in [0.25, 0.3) is 0 Å². The Hall–Kier alpha value is -0.870. The Morgan fingerprint density at radius 2 is 2.00 bits per heavy atom. The van der Waals surface area contributed by atoms with Crippen molar-refractivity contribution in [2.75, 3.05) is 12.8 Å². The van der Waals surface area contributed by atoms with Crippen LogP contribution in [0.5, 0.6) is 0 Å². The summed E-state index contributed by atoms with van der Waals surface area (Å²) in [6.07, 6.45) is 5.24. The minimum absolute atomic E-state index is 0. The van der Waals surface area contributed by atoms with Gasteiger partial charge in [0, 0.05) is 12.8 Å². The molecular formula is C17H26IN3O3S. The highest BCUT2D eigenvalue weighted by atomic mass is 127. The van der Waals surface area contributed by atoms with Gasteiger partial charge in [-0.3, -0.25) is 0 Å². The molecule has 6 nitrogen and oxygen atoms in total. The third kappa shape index (κ3) is 5.30. The van der Waals surface area contributed by atoms with Crippen LogP contribution in [-0.4, -0.2) is 45.4 Å². The van der Waals surface area contributed by atoms with Gasteiger partial charge in [-0.25, -0.2) is 13.4 Å². The molecular weight excluding hydrogens is 453 g/mol. The Morgan fingerprint density at radius 1 is 1.28 bits per heavy atom. The van der Waals surface area contributed by atoms with E-state index in [4.69, 9.17) is 4.74 Å². The van der Waals surface area contributed by atoms with E-state index in [0.29, 0.717) is 29.7 Å². The van der Waals surface area contributed by atoms with Crippen LogP contribution in [0.4, 0.5) is 0 Å². The number of fused-ring (bicyclic) bond motifs is 2. The van der Waals surface area contributed by atoms with E-state index in [1.807, 2.05) is 19.1 Å². The fourth-order valence-electron chi connectivity index (χ4n) is 3.30. The number of nitrogens with one attached hydrogen (secondary N) is 2. The maximum Gasteiger partial charge on any atom is 0.191 e. The molecule has 0 saturated carbocycles. The van der Waals surface area contributed by atoms with Crippen LogP contribution in [0.15, 0.2) is 34.2 Å². The first-order valence-corrected chi connectivity index (χ1v) is 10.3. The Balaban J connectivity index is 0.00000225. The normalized spacial score (nSPS) is 25.5. The Bertz CT molecular complexity index is 706. The van der Waals surface area contributed by atoms with Gasteiger partial charge in [0.15, 0.2) is 15.8 Å². The standard InChI is InChI=1S/C17H25N3O3S.HI/c1-3-18-17(20-15-10-13-6-9-16(15)23-13)19-11-12-4-7-14(8-5-12)24(2,21)22;/h4-5,7-8,13,15-16H,3,6,9-11H2,1-2H3,(H2,18,19,20);1H. The van der Waals surface area contributed by atoms with E-state index in [0.717, 1.165) is 30.9 Å². The van der Waals surface area contributed by atoms with Crippen molar-refractivity contribution in [3.05, 3.63) is 29.8 Å². The van der Waals surface area contributed by atoms with E-state index in [1.54, 1.807) is 12.1 Å². The number of nitrogens with zero attached hydrogens (tertiary/aromatic N) is 1. The van der Waals surface area contributed by atoms with Gasteiger partial charge in [-0.1, -0.05) is 12.1 Å². The molecule has 140 valence electrons. The third-order valence-corrected chi connectivity index (χ3v) is 5.67. The van der Waals surface area contributed by atoms with E-state index >= 15 is 0 Å². The molecule has 0 aromatic heterocycles. The Labute approximate surface area is 166 Å². The molecule has 2 aliphatic rings. The quantitative estimate of drug-likeness (QED) is 0.384. The molecule has 0 spiro atoms. The summed E-state index contributed by atoms with van der Waals surface area (Å²) in [5.41, 5.74) is 0.976. The summed E-state index contributed by atoms with van der Waals surface area (Å²) in [6.45, 7) is 3.33. The first-order valence-electron chi connectivity index (χ1n) is 8.45. The maximum atomic E-state index is 11.5. The number of sulfone groups is 1. The molecule has 3 atom stereocenters. The third-order valence-electron chi connectivity index (χ3n) is 4.54. The summed E-state index contributed by atoms with van der Waals surface area (Å²) < 4.78 is 28.9. The van der Waals surface area contributed by atoms with E-state index in [1.165, 1.54) is 12.7 Å². The second-order valence-corrected chi connectivity index (χ2v) is 8.49. The highest BCUT2D eigenvalue weighted by Gasteiger charge is 2.41. The molecule has 3 unspecified atom stereocenters. The van der Waals surface area contributed by atoms with Gasteiger partial charge in [0.25, 0.3) is 0 Å². The zero-order chi connectivity index (χ0) is 17.2. The van der Waals surface area contributed by atoms with Crippen LogP contribution in [0.1, 0.15) is 31.7 Å². The highest BCUT2D eigenvalue weighted by Crippen LogP contribution is 2.34. The lowest BCUT2D eigenvalue weighted by Crippen LogP contribution is -2.47. The van der Waals surface area contributed by atoms with Gasteiger partial charge >= 0.3 is 0 Å². The average Bonchev–Trinajstić information content (AvgIpc) is 3.15. The molecule has 0 amide bonds. The van der Waals surface area contributed by atoms with Crippen molar-refractivity contribution < 1.29 is 13.2 Å². The van der Waals surface area contributed by atoms with Crippen LogP contribution in [0.2, 0.25) is 0 Å². The molecule has 1 aromatic carbocycles. The van der Waals surface area contributed by atoms with Crippen molar-refractivity contribution in [3.63, 3.8) is 0 Å². The summed E-state index contributed by atoms with van der Waals surface area (Å²) >= 11 is 0. The predicted molar refractivity (Wildman–Crippen MR) is 109 cm³/mol. The van der Waals surface area contributed by atoms with Crippen molar-refractivity contribution in [3.8, 4) is 0 Å². The average molecular weight is 479 g/mol.